The highest BCUT2D eigenvalue weighted by Crippen LogP contribution is 2.10. The maximum absolute atomic E-state index is 5.60. The van der Waals surface area contributed by atoms with E-state index in [0.29, 0.717) is 0 Å². The molecule has 0 aliphatic carbocycles. The van der Waals surface area contributed by atoms with E-state index < -0.39 is 0 Å². The van der Waals surface area contributed by atoms with Crippen LogP contribution in [-0.4, -0.2) is 0 Å². The summed E-state index contributed by atoms with van der Waals surface area (Å²) < 4.78 is 0. The SMILES string of the molecule is C/C(N)=C/C(=C\N)CCc1ccccc1. The van der Waals surface area contributed by atoms with Crippen LogP contribution in [0.25, 0.3) is 0 Å². The summed E-state index contributed by atoms with van der Waals surface area (Å²) in [5.74, 6) is 0. The molecule has 1 rings (SSSR count). The van der Waals surface area contributed by atoms with E-state index in [1.165, 1.54) is 5.56 Å². The number of benzene rings is 1. The van der Waals surface area contributed by atoms with E-state index in [0.717, 1.165) is 24.1 Å². The Morgan fingerprint density at radius 2 is 1.93 bits per heavy atom. The molecule has 0 spiro atoms. The first-order valence-electron chi connectivity index (χ1n) is 5.11. The summed E-state index contributed by atoms with van der Waals surface area (Å²) in [7, 11) is 0. The molecule has 0 saturated carbocycles. The Morgan fingerprint density at radius 3 is 2.47 bits per heavy atom. The lowest BCUT2D eigenvalue weighted by molar-refractivity contribution is 0.956. The van der Waals surface area contributed by atoms with Crippen LogP contribution in [0.4, 0.5) is 0 Å². The van der Waals surface area contributed by atoms with Gasteiger partial charge in [0.05, 0.1) is 0 Å². The summed E-state index contributed by atoms with van der Waals surface area (Å²) in [5, 5.41) is 0. The van der Waals surface area contributed by atoms with Gasteiger partial charge in [-0.2, -0.15) is 0 Å². The van der Waals surface area contributed by atoms with Crippen LogP contribution in [0, 0.1) is 0 Å². The van der Waals surface area contributed by atoms with Gasteiger partial charge in [0.1, 0.15) is 0 Å². The van der Waals surface area contributed by atoms with Gasteiger partial charge >= 0.3 is 0 Å². The van der Waals surface area contributed by atoms with Gasteiger partial charge in [-0.1, -0.05) is 30.3 Å². The van der Waals surface area contributed by atoms with Gasteiger partial charge in [-0.05, 0) is 43.2 Å². The Hall–Kier alpha value is -1.70. The maximum atomic E-state index is 5.60. The number of nitrogens with two attached hydrogens (primary N) is 2. The second-order valence-corrected chi connectivity index (χ2v) is 3.62. The summed E-state index contributed by atoms with van der Waals surface area (Å²) in [4.78, 5) is 0. The zero-order valence-corrected chi connectivity index (χ0v) is 9.11. The van der Waals surface area contributed by atoms with E-state index >= 15 is 0 Å². The third-order valence-electron chi connectivity index (χ3n) is 2.17. The third-order valence-corrected chi connectivity index (χ3v) is 2.17. The molecule has 0 amide bonds. The molecule has 80 valence electrons. The van der Waals surface area contributed by atoms with Crippen LogP contribution < -0.4 is 11.5 Å². The van der Waals surface area contributed by atoms with Crippen LogP contribution in [0.5, 0.6) is 0 Å². The zero-order valence-electron chi connectivity index (χ0n) is 9.11. The number of aryl methyl sites for hydroxylation is 1. The van der Waals surface area contributed by atoms with Crippen molar-refractivity contribution in [2.45, 2.75) is 19.8 Å². The van der Waals surface area contributed by atoms with E-state index in [2.05, 4.69) is 12.1 Å². The van der Waals surface area contributed by atoms with Crippen LogP contribution in [-0.2, 0) is 6.42 Å². The van der Waals surface area contributed by atoms with Crippen molar-refractivity contribution in [1.82, 2.24) is 0 Å². The lowest BCUT2D eigenvalue weighted by Crippen LogP contribution is -1.96. The molecule has 0 unspecified atom stereocenters. The molecule has 0 heterocycles. The smallest absolute Gasteiger partial charge is 0.00521 e. The topological polar surface area (TPSA) is 52.0 Å². The van der Waals surface area contributed by atoms with Gasteiger partial charge in [-0.3, -0.25) is 0 Å². The molecule has 0 atom stereocenters. The standard InChI is InChI=1S/C13H18N2/c1-11(15)9-13(10-14)8-7-12-5-3-2-4-6-12/h2-6,9-10H,7-8,14-15H2,1H3/b11-9-,13-10-. The van der Waals surface area contributed by atoms with Crippen molar-refractivity contribution in [2.24, 2.45) is 11.5 Å². The summed E-state index contributed by atoms with van der Waals surface area (Å²) >= 11 is 0. The van der Waals surface area contributed by atoms with Gasteiger partial charge in [0.25, 0.3) is 0 Å². The lowest BCUT2D eigenvalue weighted by Gasteiger charge is -2.02. The van der Waals surface area contributed by atoms with Crippen LogP contribution in [0.3, 0.4) is 0 Å². The highest BCUT2D eigenvalue weighted by molar-refractivity contribution is 5.23. The monoisotopic (exact) mass is 202 g/mol. The summed E-state index contributed by atoms with van der Waals surface area (Å²) in [5.41, 5.74) is 14.3. The van der Waals surface area contributed by atoms with Crippen LogP contribution in [0.15, 0.2) is 53.9 Å². The second kappa shape index (κ2) is 5.91. The normalized spacial score (nSPS) is 12.9. The first kappa shape index (κ1) is 11.4. The van der Waals surface area contributed by atoms with Crippen molar-refractivity contribution in [3.05, 3.63) is 59.4 Å². The largest absolute Gasteiger partial charge is 0.404 e. The first-order valence-corrected chi connectivity index (χ1v) is 5.11. The van der Waals surface area contributed by atoms with E-state index in [-0.39, 0.29) is 0 Å². The minimum atomic E-state index is 0.791. The molecule has 1 aromatic rings. The number of hydrogen-bond acceptors (Lipinski definition) is 2. The molecule has 0 aromatic heterocycles. The van der Waals surface area contributed by atoms with E-state index in [9.17, 15) is 0 Å². The van der Waals surface area contributed by atoms with Gasteiger partial charge in [0.2, 0.25) is 0 Å². The molecule has 0 aliphatic rings. The summed E-state index contributed by atoms with van der Waals surface area (Å²) in [6, 6.07) is 10.4. The highest BCUT2D eigenvalue weighted by atomic mass is 14.5. The van der Waals surface area contributed by atoms with Crippen molar-refractivity contribution in [3.63, 3.8) is 0 Å². The van der Waals surface area contributed by atoms with Crippen molar-refractivity contribution in [2.75, 3.05) is 0 Å². The van der Waals surface area contributed by atoms with E-state index in [1.54, 1.807) is 6.20 Å². The Morgan fingerprint density at radius 1 is 1.27 bits per heavy atom. The molecule has 2 nitrogen and oxygen atoms in total. The minimum absolute atomic E-state index is 0.791. The summed E-state index contributed by atoms with van der Waals surface area (Å²) in [6.07, 6.45) is 5.46. The molecule has 0 saturated heterocycles. The number of hydrogen-bond donors (Lipinski definition) is 2. The Balaban J connectivity index is 2.53. The van der Waals surface area contributed by atoms with Crippen molar-refractivity contribution < 1.29 is 0 Å². The lowest BCUT2D eigenvalue weighted by atomic mass is 10.0. The maximum Gasteiger partial charge on any atom is 0.00521 e. The average molecular weight is 202 g/mol. The second-order valence-electron chi connectivity index (χ2n) is 3.62. The Kier molecular flexibility index (Phi) is 4.48. The first-order chi connectivity index (χ1) is 7.22. The zero-order chi connectivity index (χ0) is 11.1. The predicted octanol–water partition coefficient (Wildman–Crippen LogP) is 2.32. The van der Waals surface area contributed by atoms with Crippen LogP contribution in [0.2, 0.25) is 0 Å². The number of rotatable bonds is 4. The molecule has 2 heteroatoms. The third kappa shape index (κ3) is 4.36. The fourth-order valence-electron chi connectivity index (χ4n) is 1.43. The van der Waals surface area contributed by atoms with Crippen molar-refractivity contribution >= 4 is 0 Å². The Bertz CT molecular complexity index is 346. The van der Waals surface area contributed by atoms with E-state index in [4.69, 9.17) is 11.5 Å². The van der Waals surface area contributed by atoms with Gasteiger partial charge in [-0.25, -0.2) is 0 Å². The average Bonchev–Trinajstić information content (AvgIpc) is 2.25. The predicted molar refractivity (Wildman–Crippen MR) is 65.0 cm³/mol. The molecule has 0 aliphatic heterocycles. The molecular weight excluding hydrogens is 184 g/mol. The number of allylic oxidation sites excluding steroid dienone is 3. The van der Waals surface area contributed by atoms with E-state index in [1.807, 2.05) is 31.2 Å². The van der Waals surface area contributed by atoms with Crippen molar-refractivity contribution in [3.8, 4) is 0 Å². The molecule has 0 fully saturated rings. The molecule has 0 radical (unpaired) electrons. The molecule has 0 bridgehead atoms. The van der Waals surface area contributed by atoms with Crippen LogP contribution in [0.1, 0.15) is 18.9 Å². The molecule has 1 aromatic carbocycles. The summed E-state index contributed by atoms with van der Waals surface area (Å²) in [6.45, 7) is 1.87. The molecule has 15 heavy (non-hydrogen) atoms. The highest BCUT2D eigenvalue weighted by Gasteiger charge is 1.95. The van der Waals surface area contributed by atoms with Gasteiger partial charge < -0.3 is 11.5 Å². The fourth-order valence-corrected chi connectivity index (χ4v) is 1.43. The quantitative estimate of drug-likeness (QED) is 0.736. The van der Waals surface area contributed by atoms with Gasteiger partial charge in [-0.15, -0.1) is 0 Å². The molecule has 4 N–H and O–H groups in total. The Labute approximate surface area is 91.3 Å². The van der Waals surface area contributed by atoms with Gasteiger partial charge in [0.15, 0.2) is 0 Å². The van der Waals surface area contributed by atoms with Crippen molar-refractivity contribution in [1.29, 1.82) is 0 Å². The van der Waals surface area contributed by atoms with Crippen LogP contribution >= 0.6 is 0 Å². The minimum Gasteiger partial charge on any atom is -0.404 e. The molecular formula is C13H18N2. The van der Waals surface area contributed by atoms with Gasteiger partial charge in [0, 0.05) is 5.70 Å². The fraction of sp³-hybridized carbons (Fsp3) is 0.231.